The Hall–Kier alpha value is 0.0969. The van der Waals surface area contributed by atoms with Gasteiger partial charge in [0.05, 0.1) is 26.2 Å². The van der Waals surface area contributed by atoms with Crippen molar-refractivity contribution in [2.24, 2.45) is 0 Å². The van der Waals surface area contributed by atoms with Gasteiger partial charge in [0.15, 0.2) is 0 Å². The molecule has 4 heteroatoms. The Bertz CT molecular complexity index is 204. The molecule has 0 N–H and O–H groups in total. The van der Waals surface area contributed by atoms with Crippen molar-refractivity contribution in [3.05, 3.63) is 0 Å². The van der Waals surface area contributed by atoms with Crippen LogP contribution < -0.4 is 0 Å². The molecule has 0 bridgehead atoms. The Morgan fingerprint density at radius 1 is 1.00 bits per heavy atom. The third-order valence-corrected chi connectivity index (χ3v) is 6.26. The van der Waals surface area contributed by atoms with Gasteiger partial charge in [0.2, 0.25) is 0 Å². The molecule has 0 spiro atoms. The van der Waals surface area contributed by atoms with E-state index in [1.165, 1.54) is 49.7 Å². The second kappa shape index (κ2) is 10.8. The minimum absolute atomic E-state index is 0.795. The monoisotopic (exact) mass is 290 g/mol. The normalized spacial score (nSPS) is 14.1. The van der Waals surface area contributed by atoms with Crippen LogP contribution in [0.5, 0.6) is 0 Å². The summed E-state index contributed by atoms with van der Waals surface area (Å²) in [5, 5.41) is 0. The van der Waals surface area contributed by atoms with Gasteiger partial charge < -0.3 is 13.3 Å². The maximum atomic E-state index is 5.41. The highest BCUT2D eigenvalue weighted by Crippen LogP contribution is 2.21. The van der Waals surface area contributed by atoms with Gasteiger partial charge in [-0.25, -0.2) is 0 Å². The van der Waals surface area contributed by atoms with Crippen LogP contribution in [0.2, 0.25) is 6.04 Å². The van der Waals surface area contributed by atoms with Gasteiger partial charge in [0, 0.05) is 14.2 Å². The van der Waals surface area contributed by atoms with Crippen LogP contribution in [0.15, 0.2) is 0 Å². The Morgan fingerprint density at radius 2 is 1.53 bits per heavy atom. The van der Waals surface area contributed by atoms with Gasteiger partial charge in [-0.1, -0.05) is 20.8 Å². The number of rotatable bonds is 12. The Morgan fingerprint density at radius 3 is 1.89 bits per heavy atom. The molecule has 0 aromatic carbocycles. The van der Waals surface area contributed by atoms with Crippen molar-refractivity contribution in [1.29, 1.82) is 0 Å². The Balaban J connectivity index is 4.35. The van der Waals surface area contributed by atoms with Gasteiger partial charge in [-0.3, -0.25) is 0 Å². The molecule has 0 fully saturated rings. The second-order valence-electron chi connectivity index (χ2n) is 5.82. The van der Waals surface area contributed by atoms with E-state index in [2.05, 4.69) is 27.8 Å². The number of hydrogen-bond donors (Lipinski definition) is 0. The van der Waals surface area contributed by atoms with Gasteiger partial charge in [-0.2, -0.15) is 0 Å². The van der Waals surface area contributed by atoms with Crippen LogP contribution in [0, 0.1) is 0 Å². The van der Waals surface area contributed by atoms with E-state index in [-0.39, 0.29) is 0 Å². The van der Waals surface area contributed by atoms with Crippen LogP contribution in [-0.4, -0.2) is 54.2 Å². The van der Waals surface area contributed by atoms with Crippen LogP contribution in [-0.2, 0) is 8.85 Å². The maximum absolute atomic E-state index is 5.41. The summed E-state index contributed by atoms with van der Waals surface area (Å²) >= 11 is 0. The van der Waals surface area contributed by atoms with Crippen molar-refractivity contribution in [1.82, 2.24) is 0 Å². The summed E-state index contributed by atoms with van der Waals surface area (Å²) in [6.07, 6.45) is 6.39. The van der Waals surface area contributed by atoms with Crippen LogP contribution in [0.25, 0.3) is 0 Å². The molecule has 0 aliphatic rings. The van der Waals surface area contributed by atoms with Crippen LogP contribution in [0.1, 0.15) is 52.9 Å². The lowest BCUT2D eigenvalue weighted by molar-refractivity contribution is -0.934. The van der Waals surface area contributed by atoms with Gasteiger partial charge >= 0.3 is 9.28 Å². The van der Waals surface area contributed by atoms with Crippen molar-refractivity contribution >= 4 is 9.28 Å². The molecule has 1 unspecified atom stereocenters. The van der Waals surface area contributed by atoms with Crippen molar-refractivity contribution in [3.63, 3.8) is 0 Å². The average Bonchev–Trinajstić information content (AvgIpc) is 2.39. The summed E-state index contributed by atoms with van der Waals surface area (Å²) in [5.74, 6) is 0. The molecule has 0 aliphatic heterocycles. The molecule has 116 valence electrons. The van der Waals surface area contributed by atoms with Crippen molar-refractivity contribution < 1.29 is 13.3 Å². The SMILES string of the molecule is CCC[N+](C)(CCC)C(CC)CCC[SiH](OC)OC. The lowest BCUT2D eigenvalue weighted by Gasteiger charge is -2.41. The lowest BCUT2D eigenvalue weighted by atomic mass is 10.0. The minimum Gasteiger partial charge on any atom is -0.400 e. The highest BCUT2D eigenvalue weighted by molar-refractivity contribution is 6.44. The fourth-order valence-electron chi connectivity index (χ4n) is 3.31. The van der Waals surface area contributed by atoms with Crippen LogP contribution >= 0.6 is 0 Å². The molecule has 0 aromatic rings. The summed E-state index contributed by atoms with van der Waals surface area (Å²) in [5.41, 5.74) is 0. The minimum atomic E-state index is -1.36. The first kappa shape index (κ1) is 19.1. The third-order valence-electron chi connectivity index (χ3n) is 4.32. The molecule has 0 radical (unpaired) electrons. The van der Waals surface area contributed by atoms with E-state index >= 15 is 0 Å². The molecule has 19 heavy (non-hydrogen) atoms. The zero-order chi connectivity index (χ0) is 14.7. The molecule has 0 amide bonds. The number of hydrogen-bond acceptors (Lipinski definition) is 2. The van der Waals surface area contributed by atoms with Gasteiger partial charge in [-0.15, -0.1) is 0 Å². The second-order valence-corrected chi connectivity index (χ2v) is 8.20. The number of quaternary nitrogens is 1. The first-order valence-corrected chi connectivity index (χ1v) is 9.73. The molecule has 0 rings (SSSR count). The van der Waals surface area contributed by atoms with Gasteiger partial charge in [-0.05, 0) is 38.1 Å². The summed E-state index contributed by atoms with van der Waals surface area (Å²) in [6.45, 7) is 9.56. The smallest absolute Gasteiger partial charge is 0.320 e. The first-order chi connectivity index (χ1) is 9.07. The third kappa shape index (κ3) is 6.89. The van der Waals surface area contributed by atoms with Gasteiger partial charge in [0.25, 0.3) is 0 Å². The zero-order valence-corrected chi connectivity index (χ0v) is 15.2. The fourth-order valence-corrected chi connectivity index (χ4v) is 4.54. The van der Waals surface area contributed by atoms with E-state index in [0.717, 1.165) is 12.1 Å². The molecular formula is C15H36NO2Si+. The topological polar surface area (TPSA) is 18.5 Å². The molecule has 1 atom stereocenters. The summed E-state index contributed by atoms with van der Waals surface area (Å²) < 4.78 is 12.1. The average molecular weight is 291 g/mol. The molecular weight excluding hydrogens is 254 g/mol. The predicted molar refractivity (Wildman–Crippen MR) is 85.8 cm³/mol. The highest BCUT2D eigenvalue weighted by Gasteiger charge is 2.29. The van der Waals surface area contributed by atoms with Crippen LogP contribution in [0.4, 0.5) is 0 Å². The van der Waals surface area contributed by atoms with Crippen LogP contribution in [0.3, 0.4) is 0 Å². The molecule has 0 saturated carbocycles. The highest BCUT2D eigenvalue weighted by atomic mass is 28.3. The van der Waals surface area contributed by atoms with E-state index in [9.17, 15) is 0 Å². The Labute approximate surface area is 122 Å². The van der Waals surface area contributed by atoms with Crippen molar-refractivity contribution in [2.75, 3.05) is 34.4 Å². The number of nitrogens with zero attached hydrogens (tertiary/aromatic N) is 1. The standard InChI is InChI=1S/C15H36NO2Si/c1-7-12-16(4,13-8-2)15(9-3)11-10-14-19(17-5)18-6/h15,19H,7-14H2,1-6H3/q+1. The van der Waals surface area contributed by atoms with E-state index in [1.807, 2.05) is 0 Å². The lowest BCUT2D eigenvalue weighted by Crippen LogP contribution is -2.53. The quantitative estimate of drug-likeness (QED) is 0.405. The fraction of sp³-hybridized carbons (Fsp3) is 1.00. The predicted octanol–water partition coefficient (Wildman–Crippen LogP) is 3.33. The molecule has 0 saturated heterocycles. The summed E-state index contributed by atoms with van der Waals surface area (Å²) in [7, 11) is 4.66. The molecule has 3 nitrogen and oxygen atoms in total. The van der Waals surface area contributed by atoms with E-state index in [1.54, 1.807) is 14.2 Å². The molecule has 0 heterocycles. The molecule has 0 aliphatic carbocycles. The summed E-state index contributed by atoms with van der Waals surface area (Å²) in [6, 6.07) is 1.94. The molecule has 0 aromatic heterocycles. The maximum Gasteiger partial charge on any atom is 0.320 e. The largest absolute Gasteiger partial charge is 0.400 e. The zero-order valence-electron chi connectivity index (χ0n) is 14.1. The van der Waals surface area contributed by atoms with Gasteiger partial charge in [0.1, 0.15) is 0 Å². The van der Waals surface area contributed by atoms with E-state index in [0.29, 0.717) is 0 Å². The summed E-state index contributed by atoms with van der Waals surface area (Å²) in [4.78, 5) is 0. The first-order valence-electron chi connectivity index (χ1n) is 7.97. The Kier molecular flexibility index (Phi) is 10.9. The van der Waals surface area contributed by atoms with E-state index in [4.69, 9.17) is 8.85 Å². The van der Waals surface area contributed by atoms with Crippen molar-refractivity contribution in [3.8, 4) is 0 Å². The van der Waals surface area contributed by atoms with E-state index < -0.39 is 9.28 Å². The van der Waals surface area contributed by atoms with Crippen molar-refractivity contribution in [2.45, 2.75) is 65.0 Å².